The summed E-state index contributed by atoms with van der Waals surface area (Å²) < 4.78 is 21.6. The average molecular weight is 869 g/mol. The minimum Gasteiger partial charge on any atom is -0.457 e. The number of fused-ring (bicyclic) bond motifs is 2. The van der Waals surface area contributed by atoms with Gasteiger partial charge in [-0.1, -0.05) is 71.7 Å². The number of halogens is 2. The van der Waals surface area contributed by atoms with Gasteiger partial charge in [0, 0.05) is 85.7 Å². The van der Waals surface area contributed by atoms with E-state index in [9.17, 15) is 0 Å². The summed E-state index contributed by atoms with van der Waals surface area (Å²) in [6.45, 7) is 9.03. The number of nitrogens with one attached hydrogen (secondary N) is 2. The molecule has 5 aromatic rings. The molecule has 0 amide bonds. The van der Waals surface area contributed by atoms with E-state index in [4.69, 9.17) is 37.4 Å². The largest absolute Gasteiger partial charge is 0.457 e. The number of rotatable bonds is 13. The van der Waals surface area contributed by atoms with Gasteiger partial charge in [0.25, 0.3) is 0 Å². The van der Waals surface area contributed by atoms with E-state index in [1.54, 1.807) is 7.11 Å². The van der Waals surface area contributed by atoms with Crippen LogP contribution >= 0.6 is 23.2 Å². The second kappa shape index (κ2) is 21.5. The normalized spacial score (nSPS) is 23.1. The topological polar surface area (TPSA) is 79.3 Å². The molecule has 4 aromatic carbocycles. The third kappa shape index (κ3) is 12.7. The zero-order valence-electron chi connectivity index (χ0n) is 36.5. The van der Waals surface area contributed by atoms with E-state index >= 15 is 0 Å². The van der Waals surface area contributed by atoms with Crippen LogP contribution in [-0.4, -0.2) is 115 Å². The van der Waals surface area contributed by atoms with Crippen LogP contribution in [0.15, 0.2) is 103 Å². The smallest absolute Gasteiger partial charge is 0.133 e. The molecule has 2 N–H and O–H groups in total. The lowest BCUT2D eigenvalue weighted by Crippen LogP contribution is -2.62. The quantitative estimate of drug-likeness (QED) is 0.122. The SMILES string of the molecule is COCC1CNC2(Cc3ccc(Cl)cc3)CCCN(CC(Cc3ccccc3)OCN(Cc3ccc(Cl)cc3Oc3ccc(-c4cnc(CN(C)C)n4C)cc3)C(C)CN1)C2. The molecule has 2 aliphatic heterocycles. The lowest BCUT2D eigenvalue weighted by molar-refractivity contribution is -0.0581. The van der Waals surface area contributed by atoms with E-state index < -0.39 is 0 Å². The first kappa shape index (κ1) is 45.2. The van der Waals surface area contributed by atoms with Gasteiger partial charge in [-0.05, 0) is 113 Å². The number of methoxy groups -OCH3 is 1. The van der Waals surface area contributed by atoms with Crippen LogP contribution < -0.4 is 15.4 Å². The molecular weight excluding hydrogens is 805 g/mol. The van der Waals surface area contributed by atoms with Gasteiger partial charge in [0.1, 0.15) is 17.3 Å². The summed E-state index contributed by atoms with van der Waals surface area (Å²) in [6.07, 6.45) is 5.87. The zero-order valence-corrected chi connectivity index (χ0v) is 38.0. The molecular formula is C49H63Cl2N7O3. The van der Waals surface area contributed by atoms with Gasteiger partial charge in [0.15, 0.2) is 0 Å². The summed E-state index contributed by atoms with van der Waals surface area (Å²) in [6, 6.07) is 33.4. The Balaban J connectivity index is 1.13. The van der Waals surface area contributed by atoms with Crippen molar-refractivity contribution in [2.45, 2.75) is 69.4 Å². The van der Waals surface area contributed by atoms with Gasteiger partial charge in [0.2, 0.25) is 0 Å². The Morgan fingerprint density at radius 2 is 1.70 bits per heavy atom. The van der Waals surface area contributed by atoms with Crippen LogP contribution in [0.5, 0.6) is 11.5 Å². The van der Waals surface area contributed by atoms with E-state index in [1.807, 2.05) is 42.6 Å². The van der Waals surface area contributed by atoms with E-state index in [2.05, 4.69) is 124 Å². The van der Waals surface area contributed by atoms with Crippen molar-refractivity contribution in [3.8, 4) is 22.8 Å². The Morgan fingerprint density at radius 1 is 0.934 bits per heavy atom. The molecule has 3 heterocycles. The highest BCUT2D eigenvalue weighted by atomic mass is 35.5. The lowest BCUT2D eigenvalue weighted by Gasteiger charge is -2.46. The molecule has 0 radical (unpaired) electrons. The van der Waals surface area contributed by atoms with Crippen LogP contribution in [0.4, 0.5) is 0 Å². The third-order valence-corrected chi connectivity index (χ3v) is 12.6. The van der Waals surface area contributed by atoms with Gasteiger partial charge in [-0.2, -0.15) is 0 Å². The molecule has 2 aliphatic rings. The summed E-state index contributed by atoms with van der Waals surface area (Å²) in [5.74, 6) is 2.48. The fourth-order valence-electron chi connectivity index (χ4n) is 8.73. The average Bonchev–Trinajstić information content (AvgIpc) is 3.60. The van der Waals surface area contributed by atoms with Crippen LogP contribution in [0.2, 0.25) is 10.0 Å². The molecule has 12 heteroatoms. The molecule has 5 unspecified atom stereocenters. The molecule has 10 nitrogen and oxygen atoms in total. The number of hydrogen-bond donors (Lipinski definition) is 2. The Bertz CT molecular complexity index is 2120. The standard InChI is InChI=1S/C49H63Cl2N7O3/c1-36-27-52-43(33-59-5)28-54-49(26-38-12-17-41(50)18-13-38)22-9-23-57(34-49)31-45(24-37-10-7-6-8-11-37)60-35-58(36)30-40-14-19-42(51)25-47(40)61-44-20-15-39(16-21-44)46-29-53-48(56(46)4)32-55(2)3/h6-8,10-21,25,29,36,43,45,52,54H,9,22-24,26-28,30-35H2,1-5H3. The number of nitrogens with zero attached hydrogens (tertiary/aromatic N) is 5. The molecule has 326 valence electrons. The van der Waals surface area contributed by atoms with Crippen LogP contribution in [0, 0.1) is 0 Å². The van der Waals surface area contributed by atoms with Gasteiger partial charge >= 0.3 is 0 Å². The highest BCUT2D eigenvalue weighted by Gasteiger charge is 2.37. The number of aromatic nitrogens is 2. The zero-order chi connectivity index (χ0) is 42.8. The Morgan fingerprint density at radius 3 is 2.46 bits per heavy atom. The number of benzene rings is 4. The summed E-state index contributed by atoms with van der Waals surface area (Å²) in [5.41, 5.74) is 5.63. The van der Waals surface area contributed by atoms with Gasteiger partial charge in [-0.15, -0.1) is 0 Å². The van der Waals surface area contributed by atoms with Crippen LogP contribution in [0.3, 0.4) is 0 Å². The molecule has 0 spiro atoms. The Kier molecular flexibility index (Phi) is 15.9. The number of hydrogen-bond acceptors (Lipinski definition) is 9. The van der Waals surface area contributed by atoms with Gasteiger partial charge in [-0.25, -0.2) is 4.98 Å². The van der Waals surface area contributed by atoms with Crippen molar-refractivity contribution >= 4 is 23.2 Å². The highest BCUT2D eigenvalue weighted by molar-refractivity contribution is 6.31. The maximum atomic E-state index is 7.07. The first-order valence-corrected chi connectivity index (χ1v) is 22.4. The number of imidazole rings is 1. The van der Waals surface area contributed by atoms with Gasteiger partial charge < -0.3 is 34.3 Å². The monoisotopic (exact) mass is 867 g/mol. The minimum absolute atomic E-state index is 0.0154. The molecule has 1 aromatic heterocycles. The molecule has 5 atom stereocenters. The summed E-state index contributed by atoms with van der Waals surface area (Å²) in [7, 11) is 7.95. The van der Waals surface area contributed by atoms with Crippen molar-refractivity contribution in [2.75, 3.05) is 67.3 Å². The Hall–Kier alpha value is -3.81. The number of piperidine rings is 1. The fraction of sp³-hybridized carbons (Fsp3) is 0.449. The maximum Gasteiger partial charge on any atom is 0.133 e. The van der Waals surface area contributed by atoms with Crippen molar-refractivity contribution < 1.29 is 14.2 Å². The van der Waals surface area contributed by atoms with Gasteiger partial charge in [0.05, 0.1) is 37.9 Å². The lowest BCUT2D eigenvalue weighted by atomic mass is 9.82. The molecule has 2 saturated heterocycles. The van der Waals surface area contributed by atoms with Gasteiger partial charge in [-0.3, -0.25) is 9.80 Å². The molecule has 7 rings (SSSR count). The Labute approximate surface area is 373 Å². The maximum absolute atomic E-state index is 7.07. The predicted molar refractivity (Wildman–Crippen MR) is 248 cm³/mol. The summed E-state index contributed by atoms with van der Waals surface area (Å²) >= 11 is 13.0. The second-order valence-electron chi connectivity index (χ2n) is 17.3. The van der Waals surface area contributed by atoms with Crippen LogP contribution in [-0.2, 0) is 42.5 Å². The van der Waals surface area contributed by atoms with Crippen molar-refractivity contribution in [3.05, 3.63) is 136 Å². The second-order valence-corrected chi connectivity index (χ2v) is 18.2. The minimum atomic E-state index is -0.0991. The first-order valence-electron chi connectivity index (χ1n) is 21.6. The van der Waals surface area contributed by atoms with E-state index in [0.29, 0.717) is 24.9 Å². The van der Waals surface area contributed by atoms with E-state index in [1.165, 1.54) is 11.1 Å². The van der Waals surface area contributed by atoms with Crippen molar-refractivity contribution in [1.29, 1.82) is 0 Å². The molecule has 61 heavy (non-hydrogen) atoms. The predicted octanol–water partition coefficient (Wildman–Crippen LogP) is 8.31. The van der Waals surface area contributed by atoms with E-state index in [0.717, 1.165) is 104 Å². The van der Waals surface area contributed by atoms with E-state index in [-0.39, 0.29) is 23.7 Å². The first-order chi connectivity index (χ1) is 29.5. The number of ether oxygens (including phenoxy) is 3. The molecule has 2 fully saturated rings. The van der Waals surface area contributed by atoms with Crippen molar-refractivity contribution in [1.82, 2.24) is 34.9 Å². The fourth-order valence-corrected chi connectivity index (χ4v) is 9.02. The van der Waals surface area contributed by atoms with Crippen LogP contribution in [0.25, 0.3) is 11.3 Å². The molecule has 2 bridgehead atoms. The molecule has 0 saturated carbocycles. The third-order valence-electron chi connectivity index (χ3n) is 12.1. The summed E-state index contributed by atoms with van der Waals surface area (Å²) in [4.78, 5) is 11.8. The molecule has 0 aliphatic carbocycles. The highest BCUT2D eigenvalue weighted by Crippen LogP contribution is 2.32. The van der Waals surface area contributed by atoms with Crippen LogP contribution in [0.1, 0.15) is 42.3 Å². The van der Waals surface area contributed by atoms with Crippen molar-refractivity contribution in [2.24, 2.45) is 7.05 Å². The summed E-state index contributed by atoms with van der Waals surface area (Å²) in [5, 5.41) is 9.36. The van der Waals surface area contributed by atoms with Crippen molar-refractivity contribution in [3.63, 3.8) is 0 Å².